The maximum Gasteiger partial charge on any atom is 0.110 e. The number of nitrogens with one attached hydrogen (secondary N) is 2. The molecule has 3 aliphatic heterocycles. The highest BCUT2D eigenvalue weighted by Crippen LogP contribution is 2.19. The molecule has 26 heavy (non-hydrogen) atoms. The zero-order chi connectivity index (χ0) is 19.4. The summed E-state index contributed by atoms with van der Waals surface area (Å²) in [5, 5.41) is 0. The van der Waals surface area contributed by atoms with Crippen LogP contribution in [0.2, 0.25) is 0 Å². The second kappa shape index (κ2) is 15.2. The molecular formula is C15H32B3N2O3P3. The average molecular weight is 414 g/mol. The van der Waals surface area contributed by atoms with Crippen molar-refractivity contribution in [2.45, 2.75) is 62.0 Å². The predicted octanol–water partition coefficient (Wildman–Crippen LogP) is -0.0807. The molecule has 0 aromatic rings. The fourth-order valence-electron chi connectivity index (χ4n) is 2.59. The second-order valence-corrected chi connectivity index (χ2v) is 7.94. The molecule has 0 aliphatic carbocycles. The smallest absolute Gasteiger partial charge is 0.110 e. The van der Waals surface area contributed by atoms with Gasteiger partial charge in [-0.3, -0.25) is 10.9 Å². The van der Waals surface area contributed by atoms with Gasteiger partial charge in [-0.25, -0.2) is 0 Å². The van der Waals surface area contributed by atoms with Crippen LogP contribution < -0.4 is 10.9 Å². The molecule has 5 nitrogen and oxygen atoms in total. The molecule has 0 bridgehead atoms. The van der Waals surface area contributed by atoms with E-state index >= 15 is 0 Å². The van der Waals surface area contributed by atoms with Crippen LogP contribution >= 0.6 is 27.7 Å². The van der Waals surface area contributed by atoms with E-state index in [4.69, 9.17) is 37.7 Å². The Morgan fingerprint density at radius 2 is 1.27 bits per heavy atom. The maximum absolute atomic E-state index is 5.57. The van der Waals surface area contributed by atoms with E-state index in [1.807, 2.05) is 0 Å². The summed E-state index contributed by atoms with van der Waals surface area (Å²) in [4.78, 5) is 0. The highest BCUT2D eigenvalue weighted by molar-refractivity contribution is 7.16. The summed E-state index contributed by atoms with van der Waals surface area (Å²) < 4.78 is 15.8. The minimum atomic E-state index is -0.180. The van der Waals surface area contributed by atoms with E-state index < -0.39 is 0 Å². The van der Waals surface area contributed by atoms with Crippen molar-refractivity contribution in [3.8, 4) is 0 Å². The Kier molecular flexibility index (Phi) is 14.8. The summed E-state index contributed by atoms with van der Waals surface area (Å²) >= 11 is 0. The normalized spacial score (nSPS) is 37.0. The lowest BCUT2D eigenvalue weighted by Gasteiger charge is -2.33. The molecule has 9 unspecified atom stereocenters. The van der Waals surface area contributed by atoms with E-state index in [0.29, 0.717) is 18.8 Å². The molecule has 9 atom stereocenters. The number of ether oxygens (including phenoxy) is 3. The van der Waals surface area contributed by atoms with E-state index in [1.165, 1.54) is 12.8 Å². The minimum Gasteiger partial charge on any atom is -0.384 e. The number of hydrogen-bond donors (Lipinski definition) is 2. The van der Waals surface area contributed by atoms with Crippen molar-refractivity contribution in [3.05, 3.63) is 0 Å². The van der Waals surface area contributed by atoms with Gasteiger partial charge in [-0.15, -0.1) is 27.7 Å². The zero-order valence-electron chi connectivity index (χ0n) is 15.5. The van der Waals surface area contributed by atoms with Gasteiger partial charge in [-0.1, -0.05) is 0 Å². The Bertz CT molecular complexity index is 361. The first kappa shape index (κ1) is 25.3. The van der Waals surface area contributed by atoms with Crippen LogP contribution in [0.15, 0.2) is 0 Å². The summed E-state index contributed by atoms with van der Waals surface area (Å²) in [5.74, 6) is 0. The third kappa shape index (κ3) is 11.3. The predicted molar refractivity (Wildman–Crippen MR) is 121 cm³/mol. The first-order valence-corrected chi connectivity index (χ1v) is 11.7. The van der Waals surface area contributed by atoms with E-state index in [0.717, 1.165) is 37.9 Å². The second-order valence-electron chi connectivity index (χ2n) is 6.53. The zero-order valence-corrected chi connectivity index (χ0v) is 19.0. The number of rotatable bonds is 3. The van der Waals surface area contributed by atoms with E-state index in [2.05, 4.69) is 38.6 Å². The van der Waals surface area contributed by atoms with Crippen molar-refractivity contribution in [3.63, 3.8) is 0 Å². The van der Waals surface area contributed by atoms with Gasteiger partial charge >= 0.3 is 0 Å². The van der Waals surface area contributed by atoms with Crippen molar-refractivity contribution in [2.75, 3.05) is 31.6 Å². The van der Waals surface area contributed by atoms with Gasteiger partial charge in [-0.2, -0.15) is 0 Å². The molecule has 3 fully saturated rings. The Hall–Kier alpha value is 1.28. The summed E-state index contributed by atoms with van der Waals surface area (Å²) in [7, 11) is 24.4. The molecule has 0 aromatic carbocycles. The van der Waals surface area contributed by atoms with Crippen LogP contribution in [0.5, 0.6) is 0 Å². The SMILES string of the molecule is [B]C1CC(CP)O1.[B]C1CCCC(CP)O1.[B]C1CNNCC(CP)O1. The molecule has 0 aromatic heterocycles. The van der Waals surface area contributed by atoms with Gasteiger partial charge in [0.05, 0.1) is 18.3 Å². The molecule has 0 saturated carbocycles. The molecular weight excluding hydrogens is 382 g/mol. The lowest BCUT2D eigenvalue weighted by atomic mass is 9.89. The van der Waals surface area contributed by atoms with Crippen LogP contribution in [0.3, 0.4) is 0 Å². The summed E-state index contributed by atoms with van der Waals surface area (Å²) in [6.07, 6.45) is 8.47. The topological polar surface area (TPSA) is 51.8 Å². The molecule has 3 saturated heterocycles. The molecule has 6 radical (unpaired) electrons. The van der Waals surface area contributed by atoms with E-state index in [-0.39, 0.29) is 24.1 Å². The molecule has 2 N–H and O–H groups in total. The molecule has 0 amide bonds. The van der Waals surface area contributed by atoms with Gasteiger partial charge < -0.3 is 14.2 Å². The minimum absolute atomic E-state index is 0.00398. The first-order chi connectivity index (χ1) is 12.5. The molecule has 3 heterocycles. The van der Waals surface area contributed by atoms with Crippen molar-refractivity contribution in [1.82, 2.24) is 10.9 Å². The molecule has 3 rings (SSSR count). The number of hydrazine groups is 1. The van der Waals surface area contributed by atoms with Crippen LogP contribution in [-0.4, -0.2) is 91.4 Å². The Labute approximate surface area is 170 Å². The van der Waals surface area contributed by atoms with E-state index in [9.17, 15) is 0 Å². The van der Waals surface area contributed by atoms with Gasteiger partial charge in [0.1, 0.15) is 23.5 Å². The van der Waals surface area contributed by atoms with Crippen LogP contribution in [-0.2, 0) is 14.2 Å². The quantitative estimate of drug-likeness (QED) is 0.501. The fraction of sp³-hybridized carbons (Fsp3) is 1.00. The summed E-state index contributed by atoms with van der Waals surface area (Å²) in [6.45, 7) is 1.48. The Morgan fingerprint density at radius 3 is 1.73 bits per heavy atom. The highest BCUT2D eigenvalue weighted by atomic mass is 31.0. The first-order valence-electron chi connectivity index (χ1n) is 9.27. The van der Waals surface area contributed by atoms with Crippen molar-refractivity contribution in [2.24, 2.45) is 0 Å². The van der Waals surface area contributed by atoms with Gasteiger partial charge in [0, 0.05) is 31.1 Å². The third-order valence-corrected chi connectivity index (χ3v) is 5.74. The van der Waals surface area contributed by atoms with Crippen LogP contribution in [0.25, 0.3) is 0 Å². The molecule has 11 heteroatoms. The van der Waals surface area contributed by atoms with Crippen molar-refractivity contribution in [1.29, 1.82) is 0 Å². The van der Waals surface area contributed by atoms with Crippen molar-refractivity contribution >= 4 is 51.3 Å². The largest absolute Gasteiger partial charge is 0.384 e. The Balaban J connectivity index is 0.000000198. The van der Waals surface area contributed by atoms with Gasteiger partial charge in [0.25, 0.3) is 0 Å². The van der Waals surface area contributed by atoms with Gasteiger partial charge in [-0.05, 0) is 44.2 Å². The number of hydrogen-bond acceptors (Lipinski definition) is 5. The van der Waals surface area contributed by atoms with Gasteiger partial charge in [0.15, 0.2) is 0 Å². The molecule has 144 valence electrons. The standard InChI is InChI=1S/C6H12BOP.C5H12BN2OP.C4H8BOP/c7-6-3-1-2-5(4-9)8-6;6-5-2-8-7-1-4(3-10)9-5;5-4-1-3(2-7)6-4/h5-6H,1-4,9H2;4-5,7-8H,1-3,10H2;3-4H,1-2,7H2. The summed E-state index contributed by atoms with van der Waals surface area (Å²) in [6, 6.07) is -0.143. The van der Waals surface area contributed by atoms with Crippen LogP contribution in [0.4, 0.5) is 0 Å². The maximum atomic E-state index is 5.57. The Morgan fingerprint density at radius 1 is 0.692 bits per heavy atom. The van der Waals surface area contributed by atoms with Crippen molar-refractivity contribution < 1.29 is 14.2 Å². The lowest BCUT2D eigenvalue weighted by Crippen LogP contribution is -2.38. The third-order valence-electron chi connectivity index (χ3n) is 4.16. The van der Waals surface area contributed by atoms with Crippen LogP contribution in [0, 0.1) is 0 Å². The monoisotopic (exact) mass is 414 g/mol. The molecule has 3 aliphatic rings. The lowest BCUT2D eigenvalue weighted by molar-refractivity contribution is -0.0635. The summed E-state index contributed by atoms with van der Waals surface area (Å²) in [5.41, 5.74) is 5.96. The fourth-order valence-corrected chi connectivity index (χ4v) is 3.52. The van der Waals surface area contributed by atoms with Gasteiger partial charge in [0.2, 0.25) is 0 Å². The van der Waals surface area contributed by atoms with Crippen LogP contribution in [0.1, 0.15) is 25.7 Å². The molecule has 0 spiro atoms. The average Bonchev–Trinajstić information content (AvgIpc) is 2.84. The van der Waals surface area contributed by atoms with E-state index in [1.54, 1.807) is 0 Å². The highest BCUT2D eigenvalue weighted by Gasteiger charge is 2.23.